The quantitative estimate of drug-likeness (QED) is 0.639. The zero-order valence-corrected chi connectivity index (χ0v) is 11.3. The zero-order valence-electron chi connectivity index (χ0n) is 11.3. The van der Waals surface area contributed by atoms with Gasteiger partial charge in [0.05, 0.1) is 12.1 Å². The molecule has 0 radical (unpaired) electrons. The first kappa shape index (κ1) is 15.3. The topological polar surface area (TPSA) is 84.2 Å². The molecule has 2 atom stereocenters. The first-order chi connectivity index (χ1) is 9.08. The molecule has 2 unspecified atom stereocenters. The molecule has 0 spiro atoms. The van der Waals surface area contributed by atoms with Crippen molar-refractivity contribution < 1.29 is 9.59 Å². The summed E-state index contributed by atoms with van der Waals surface area (Å²) in [5.41, 5.74) is 6.52. The van der Waals surface area contributed by atoms with E-state index in [0.717, 1.165) is 5.56 Å². The largest absolute Gasteiger partial charge is 0.344 e. The van der Waals surface area contributed by atoms with Gasteiger partial charge in [-0.15, -0.1) is 0 Å². The smallest absolute Gasteiger partial charge is 0.238 e. The van der Waals surface area contributed by atoms with Crippen molar-refractivity contribution in [1.82, 2.24) is 10.6 Å². The van der Waals surface area contributed by atoms with Crippen LogP contribution in [0.25, 0.3) is 0 Å². The molecule has 0 aromatic heterocycles. The van der Waals surface area contributed by atoms with E-state index in [0.29, 0.717) is 6.42 Å². The number of benzene rings is 1. The average molecular weight is 263 g/mol. The highest BCUT2D eigenvalue weighted by Gasteiger charge is 2.21. The second kappa shape index (κ2) is 7.66. The van der Waals surface area contributed by atoms with Gasteiger partial charge >= 0.3 is 0 Å². The summed E-state index contributed by atoms with van der Waals surface area (Å²) in [7, 11) is 1.72. The van der Waals surface area contributed by atoms with Crippen molar-refractivity contribution in [3.8, 4) is 0 Å². The molecule has 0 aliphatic carbocycles. The van der Waals surface area contributed by atoms with Crippen molar-refractivity contribution in [3.05, 3.63) is 35.9 Å². The van der Waals surface area contributed by atoms with E-state index in [9.17, 15) is 9.59 Å². The third kappa shape index (κ3) is 4.81. The molecule has 1 amide bonds. The predicted molar refractivity (Wildman–Crippen MR) is 74.7 cm³/mol. The van der Waals surface area contributed by atoms with E-state index in [2.05, 4.69) is 10.6 Å². The van der Waals surface area contributed by atoms with E-state index in [-0.39, 0.29) is 24.3 Å². The molecule has 0 bridgehead atoms. The number of nitrogens with one attached hydrogen (secondary N) is 2. The van der Waals surface area contributed by atoms with E-state index in [1.165, 1.54) is 6.92 Å². The molecule has 0 saturated heterocycles. The first-order valence-corrected chi connectivity index (χ1v) is 6.30. The minimum Gasteiger partial charge on any atom is -0.344 e. The molecule has 0 aliphatic heterocycles. The Balaban J connectivity index is 2.64. The molecule has 1 aromatic rings. The van der Waals surface area contributed by atoms with Crippen molar-refractivity contribution in [2.45, 2.75) is 25.4 Å². The molecule has 4 N–H and O–H groups in total. The molecule has 19 heavy (non-hydrogen) atoms. The first-order valence-electron chi connectivity index (χ1n) is 6.30. The van der Waals surface area contributed by atoms with Crippen LogP contribution >= 0.6 is 0 Å². The van der Waals surface area contributed by atoms with Crippen molar-refractivity contribution >= 4 is 11.7 Å². The van der Waals surface area contributed by atoms with Gasteiger partial charge < -0.3 is 16.4 Å². The van der Waals surface area contributed by atoms with Crippen molar-refractivity contribution in [2.75, 3.05) is 13.6 Å². The lowest BCUT2D eigenvalue weighted by atomic mass is 10.0. The fraction of sp³-hybridized carbons (Fsp3) is 0.429. The Morgan fingerprint density at radius 2 is 1.84 bits per heavy atom. The lowest BCUT2D eigenvalue weighted by molar-refractivity contribution is -0.127. The number of likely N-dealkylation sites (N-methyl/N-ethyl adjacent to an activating group) is 1. The Hall–Kier alpha value is -1.72. The van der Waals surface area contributed by atoms with E-state index >= 15 is 0 Å². The van der Waals surface area contributed by atoms with Crippen LogP contribution in [0, 0.1) is 0 Å². The van der Waals surface area contributed by atoms with Crippen molar-refractivity contribution in [3.63, 3.8) is 0 Å². The summed E-state index contributed by atoms with van der Waals surface area (Å²) in [5.74, 6) is -0.345. The van der Waals surface area contributed by atoms with E-state index in [1.807, 2.05) is 30.3 Å². The van der Waals surface area contributed by atoms with Gasteiger partial charge in [-0.3, -0.25) is 9.59 Å². The van der Waals surface area contributed by atoms with Gasteiger partial charge in [-0.25, -0.2) is 0 Å². The number of carbonyl (C=O) groups is 2. The van der Waals surface area contributed by atoms with E-state index in [4.69, 9.17) is 5.73 Å². The van der Waals surface area contributed by atoms with Crippen LogP contribution < -0.4 is 16.4 Å². The van der Waals surface area contributed by atoms with Crippen LogP contribution in [-0.4, -0.2) is 37.4 Å². The third-order valence-electron chi connectivity index (χ3n) is 2.99. The molecule has 1 aromatic carbocycles. The van der Waals surface area contributed by atoms with Gasteiger partial charge in [0, 0.05) is 6.54 Å². The van der Waals surface area contributed by atoms with Crippen LogP contribution in [0.1, 0.15) is 12.5 Å². The molecule has 1 rings (SSSR count). The second-order valence-corrected chi connectivity index (χ2v) is 4.44. The summed E-state index contributed by atoms with van der Waals surface area (Å²) in [4.78, 5) is 23.3. The van der Waals surface area contributed by atoms with Gasteiger partial charge in [-0.2, -0.15) is 0 Å². The van der Waals surface area contributed by atoms with Crippen molar-refractivity contribution in [2.24, 2.45) is 5.73 Å². The van der Waals surface area contributed by atoms with Crippen LogP contribution in [-0.2, 0) is 16.0 Å². The maximum absolute atomic E-state index is 12.1. The Kier molecular flexibility index (Phi) is 6.18. The van der Waals surface area contributed by atoms with Crippen LogP contribution in [0.4, 0.5) is 0 Å². The van der Waals surface area contributed by atoms with Gasteiger partial charge in [0.15, 0.2) is 5.78 Å². The highest BCUT2D eigenvalue weighted by Crippen LogP contribution is 2.03. The monoisotopic (exact) mass is 263 g/mol. The number of hydrogen-bond donors (Lipinski definition) is 3. The van der Waals surface area contributed by atoms with Crippen molar-refractivity contribution in [1.29, 1.82) is 0 Å². The molecule has 0 heterocycles. The normalized spacial score (nSPS) is 13.6. The molecule has 5 nitrogen and oxygen atoms in total. The Labute approximate surface area is 113 Å². The molecule has 5 heteroatoms. The minimum absolute atomic E-state index is 0.114. The number of Topliss-reactive ketones (excluding diaryl/α,β-unsaturated/α-hetero) is 1. The second-order valence-electron chi connectivity index (χ2n) is 4.44. The molecule has 0 aliphatic rings. The molecule has 0 saturated carbocycles. The summed E-state index contributed by atoms with van der Waals surface area (Å²) in [6, 6.07) is 8.72. The lowest BCUT2D eigenvalue weighted by Gasteiger charge is -2.20. The molecule has 0 fully saturated rings. The van der Waals surface area contributed by atoms with Gasteiger partial charge in [-0.1, -0.05) is 30.3 Å². The summed E-state index contributed by atoms with van der Waals surface area (Å²) < 4.78 is 0. The van der Waals surface area contributed by atoms with Crippen LogP contribution in [0.3, 0.4) is 0 Å². The average Bonchev–Trinajstić information content (AvgIpc) is 2.42. The van der Waals surface area contributed by atoms with Crippen LogP contribution in [0.2, 0.25) is 0 Å². The maximum Gasteiger partial charge on any atom is 0.238 e. The van der Waals surface area contributed by atoms with E-state index in [1.54, 1.807) is 7.05 Å². The Bertz CT molecular complexity index is 420. The number of nitrogens with two attached hydrogens (primary N) is 1. The maximum atomic E-state index is 12.1. The SMILES string of the molecule is CNC(Cc1ccccc1)C(=O)NC(CN)C(C)=O. The molecular weight excluding hydrogens is 242 g/mol. The van der Waals surface area contributed by atoms with Crippen LogP contribution in [0.15, 0.2) is 30.3 Å². The van der Waals surface area contributed by atoms with Gasteiger partial charge in [0.25, 0.3) is 0 Å². The number of rotatable bonds is 7. The summed E-state index contributed by atoms with van der Waals surface area (Å²) in [5, 5.41) is 5.62. The number of carbonyl (C=O) groups excluding carboxylic acids is 2. The summed E-state index contributed by atoms with van der Waals surface area (Å²) >= 11 is 0. The fourth-order valence-corrected chi connectivity index (χ4v) is 1.77. The van der Waals surface area contributed by atoms with Gasteiger partial charge in [0.1, 0.15) is 0 Å². The summed E-state index contributed by atoms with van der Waals surface area (Å²) in [6.07, 6.45) is 0.568. The fourth-order valence-electron chi connectivity index (χ4n) is 1.77. The lowest BCUT2D eigenvalue weighted by Crippen LogP contribution is -2.52. The van der Waals surface area contributed by atoms with Gasteiger partial charge in [0.2, 0.25) is 5.91 Å². The highest BCUT2D eigenvalue weighted by molar-refractivity contribution is 5.89. The summed E-state index contributed by atoms with van der Waals surface area (Å²) in [6.45, 7) is 1.53. The number of amides is 1. The van der Waals surface area contributed by atoms with E-state index < -0.39 is 6.04 Å². The van der Waals surface area contributed by atoms with Crippen LogP contribution in [0.5, 0.6) is 0 Å². The Morgan fingerprint density at radius 3 is 2.32 bits per heavy atom. The molecule has 104 valence electrons. The Morgan fingerprint density at radius 1 is 1.21 bits per heavy atom. The zero-order chi connectivity index (χ0) is 14.3. The number of ketones is 1. The predicted octanol–water partition coefficient (Wildman–Crippen LogP) is -0.150. The van der Waals surface area contributed by atoms with Gasteiger partial charge in [-0.05, 0) is 26.0 Å². The highest BCUT2D eigenvalue weighted by atomic mass is 16.2. The minimum atomic E-state index is -0.612. The number of hydrogen-bond acceptors (Lipinski definition) is 4. The standard InChI is InChI=1S/C14H21N3O2/c1-10(18)13(9-15)17-14(19)12(16-2)8-11-6-4-3-5-7-11/h3-7,12-13,16H,8-9,15H2,1-2H3,(H,17,19). The third-order valence-corrected chi connectivity index (χ3v) is 2.99. The molecular formula is C14H21N3O2.